The summed E-state index contributed by atoms with van der Waals surface area (Å²) < 4.78 is 18.8. The Kier molecular flexibility index (Phi) is 4.67. The van der Waals surface area contributed by atoms with Crippen LogP contribution < -0.4 is 10.5 Å². The number of halogens is 1. The third kappa shape index (κ3) is 3.01. The van der Waals surface area contributed by atoms with Crippen molar-refractivity contribution in [1.29, 1.82) is 0 Å². The molecule has 2 N–H and O–H groups in total. The minimum Gasteiger partial charge on any atom is -0.496 e. The van der Waals surface area contributed by atoms with Crippen LogP contribution in [-0.4, -0.2) is 23.0 Å². The Balaban J connectivity index is 2.16. The van der Waals surface area contributed by atoms with Crippen LogP contribution in [0.2, 0.25) is 0 Å². The van der Waals surface area contributed by atoms with Crippen LogP contribution in [-0.2, 0) is 10.2 Å². The molecule has 0 aliphatic rings. The molecule has 1 atom stereocenters. The molecule has 1 aromatic carbocycles. The second-order valence-corrected chi connectivity index (χ2v) is 6.01. The predicted molar refractivity (Wildman–Crippen MR) is 96.1 cm³/mol. The van der Waals surface area contributed by atoms with Gasteiger partial charge in [0, 0.05) is 30.2 Å². The van der Waals surface area contributed by atoms with Gasteiger partial charge in [0.15, 0.2) is 0 Å². The second kappa shape index (κ2) is 6.92. The molecule has 0 bridgehead atoms. The quantitative estimate of drug-likeness (QED) is 0.766. The lowest BCUT2D eigenvalue weighted by Crippen LogP contribution is -2.40. The zero-order valence-corrected chi connectivity index (χ0v) is 14.4. The number of ether oxygens (including phenoxy) is 1. The average Bonchev–Trinajstić information content (AvgIpc) is 2.67. The van der Waals surface area contributed by atoms with Gasteiger partial charge in [-0.05, 0) is 48.4 Å². The summed E-state index contributed by atoms with van der Waals surface area (Å²) in [6.45, 7) is 1.71. The number of benzene rings is 1. The first-order chi connectivity index (χ1) is 12.5. The maximum Gasteiger partial charge on any atom is 0.233 e. The Morgan fingerprint density at radius 3 is 2.65 bits per heavy atom. The van der Waals surface area contributed by atoms with Crippen LogP contribution in [0, 0.1) is 5.82 Å². The van der Waals surface area contributed by atoms with Crippen LogP contribution in [0.15, 0.2) is 61.1 Å². The Labute approximate surface area is 150 Å². The maximum atomic E-state index is 13.5. The minimum absolute atomic E-state index is 0.391. The number of primary amides is 1. The molecule has 0 fully saturated rings. The van der Waals surface area contributed by atoms with E-state index in [1.807, 2.05) is 0 Å². The number of hydrogen-bond donors (Lipinski definition) is 1. The average molecular weight is 351 g/mol. The fraction of sp³-hybridized carbons (Fsp3) is 0.150. The first kappa shape index (κ1) is 17.5. The Morgan fingerprint density at radius 2 is 2.00 bits per heavy atom. The van der Waals surface area contributed by atoms with Crippen LogP contribution in [0.1, 0.15) is 18.2 Å². The van der Waals surface area contributed by atoms with Crippen molar-refractivity contribution in [2.45, 2.75) is 12.3 Å². The molecule has 6 heteroatoms. The number of nitrogens with zero attached hydrogens (tertiary/aromatic N) is 2. The van der Waals surface area contributed by atoms with Crippen LogP contribution in [0.3, 0.4) is 0 Å². The van der Waals surface area contributed by atoms with Gasteiger partial charge in [0.05, 0.1) is 12.8 Å². The lowest BCUT2D eigenvalue weighted by atomic mass is 9.78. The first-order valence-electron chi connectivity index (χ1n) is 7.97. The van der Waals surface area contributed by atoms with Crippen molar-refractivity contribution >= 4 is 5.91 Å². The molecule has 5 nitrogen and oxygen atoms in total. The summed E-state index contributed by atoms with van der Waals surface area (Å²) >= 11 is 0. The largest absolute Gasteiger partial charge is 0.496 e. The topological polar surface area (TPSA) is 78.1 Å². The molecule has 0 radical (unpaired) electrons. The van der Waals surface area contributed by atoms with Crippen LogP contribution >= 0.6 is 0 Å². The third-order valence-electron chi connectivity index (χ3n) is 4.48. The van der Waals surface area contributed by atoms with E-state index in [4.69, 9.17) is 10.5 Å². The monoisotopic (exact) mass is 351 g/mol. The van der Waals surface area contributed by atoms with Gasteiger partial charge in [-0.3, -0.25) is 14.8 Å². The molecule has 0 aliphatic heterocycles. The van der Waals surface area contributed by atoms with Crippen molar-refractivity contribution < 1.29 is 13.9 Å². The fourth-order valence-electron chi connectivity index (χ4n) is 2.85. The Morgan fingerprint density at radius 1 is 1.19 bits per heavy atom. The number of nitrogens with two attached hydrogens (primary N) is 1. The molecule has 26 heavy (non-hydrogen) atoms. The highest BCUT2D eigenvalue weighted by molar-refractivity contribution is 5.90. The molecule has 0 saturated heterocycles. The fourth-order valence-corrected chi connectivity index (χ4v) is 2.85. The molecule has 0 saturated carbocycles. The summed E-state index contributed by atoms with van der Waals surface area (Å²) in [5, 5.41) is 0. The zero-order valence-electron chi connectivity index (χ0n) is 14.4. The van der Waals surface area contributed by atoms with Gasteiger partial charge in [0.1, 0.15) is 17.0 Å². The standard InChI is InChI=1S/C20H18FN3O2/c1-20(19(22)25,14-4-3-8-23-12-14)18-10-13(7-9-24-18)16-6-5-15(21)11-17(16)26-2/h3-12H,1-2H3,(H2,22,25). The first-order valence-corrected chi connectivity index (χ1v) is 7.97. The van der Waals surface area contributed by atoms with Gasteiger partial charge < -0.3 is 10.5 Å². The van der Waals surface area contributed by atoms with E-state index in [0.29, 0.717) is 22.6 Å². The minimum atomic E-state index is -1.16. The van der Waals surface area contributed by atoms with E-state index in [1.165, 1.54) is 19.2 Å². The van der Waals surface area contributed by atoms with E-state index in [2.05, 4.69) is 9.97 Å². The van der Waals surface area contributed by atoms with E-state index >= 15 is 0 Å². The van der Waals surface area contributed by atoms with E-state index in [0.717, 1.165) is 5.56 Å². The van der Waals surface area contributed by atoms with E-state index < -0.39 is 17.1 Å². The lowest BCUT2D eigenvalue weighted by molar-refractivity contribution is -0.121. The highest BCUT2D eigenvalue weighted by Crippen LogP contribution is 2.35. The van der Waals surface area contributed by atoms with Gasteiger partial charge in [-0.15, -0.1) is 0 Å². The van der Waals surface area contributed by atoms with Crippen LogP contribution in [0.4, 0.5) is 4.39 Å². The normalized spacial score (nSPS) is 13.0. The molecule has 3 aromatic rings. The molecular weight excluding hydrogens is 333 g/mol. The molecule has 2 heterocycles. The summed E-state index contributed by atoms with van der Waals surface area (Å²) in [6, 6.07) is 11.3. The second-order valence-electron chi connectivity index (χ2n) is 6.01. The molecule has 1 unspecified atom stereocenters. The number of hydrogen-bond acceptors (Lipinski definition) is 4. The number of carbonyl (C=O) groups excluding carboxylic acids is 1. The van der Waals surface area contributed by atoms with Gasteiger partial charge in [0.25, 0.3) is 0 Å². The molecule has 132 valence electrons. The van der Waals surface area contributed by atoms with Gasteiger partial charge in [-0.25, -0.2) is 4.39 Å². The van der Waals surface area contributed by atoms with E-state index in [1.54, 1.807) is 55.8 Å². The molecular formula is C20H18FN3O2. The predicted octanol–water partition coefficient (Wildman–Crippen LogP) is 3.08. The van der Waals surface area contributed by atoms with E-state index in [-0.39, 0.29) is 0 Å². The smallest absolute Gasteiger partial charge is 0.233 e. The van der Waals surface area contributed by atoms with Crippen LogP contribution in [0.25, 0.3) is 11.1 Å². The summed E-state index contributed by atoms with van der Waals surface area (Å²) in [5.41, 5.74) is 7.11. The van der Waals surface area contributed by atoms with Gasteiger partial charge in [-0.2, -0.15) is 0 Å². The zero-order chi connectivity index (χ0) is 18.7. The maximum absolute atomic E-state index is 13.5. The van der Waals surface area contributed by atoms with Crippen molar-refractivity contribution in [1.82, 2.24) is 9.97 Å². The van der Waals surface area contributed by atoms with Crippen molar-refractivity contribution in [2.75, 3.05) is 7.11 Å². The number of methoxy groups -OCH3 is 1. The van der Waals surface area contributed by atoms with Crippen molar-refractivity contribution in [2.24, 2.45) is 5.73 Å². The van der Waals surface area contributed by atoms with Crippen LogP contribution in [0.5, 0.6) is 5.75 Å². The van der Waals surface area contributed by atoms with Crippen molar-refractivity contribution in [3.63, 3.8) is 0 Å². The molecule has 0 spiro atoms. The molecule has 0 aliphatic carbocycles. The lowest BCUT2D eigenvalue weighted by Gasteiger charge is -2.26. The number of rotatable bonds is 5. The Hall–Kier alpha value is -3.28. The highest BCUT2D eigenvalue weighted by Gasteiger charge is 2.37. The highest BCUT2D eigenvalue weighted by atomic mass is 19.1. The summed E-state index contributed by atoms with van der Waals surface area (Å²) in [6.07, 6.45) is 4.81. The number of pyridine rings is 2. The number of carbonyl (C=O) groups is 1. The number of aromatic nitrogens is 2. The molecule has 3 rings (SSSR count). The SMILES string of the molecule is COc1cc(F)ccc1-c1ccnc(C(C)(C(N)=O)c2cccnc2)c1. The van der Waals surface area contributed by atoms with Crippen molar-refractivity contribution in [3.05, 3.63) is 78.1 Å². The summed E-state index contributed by atoms with van der Waals surface area (Å²) in [4.78, 5) is 20.8. The van der Waals surface area contributed by atoms with Gasteiger partial charge in [0.2, 0.25) is 5.91 Å². The third-order valence-corrected chi connectivity index (χ3v) is 4.48. The van der Waals surface area contributed by atoms with Crippen molar-refractivity contribution in [3.8, 4) is 16.9 Å². The molecule has 1 amide bonds. The number of amides is 1. The Bertz CT molecular complexity index is 947. The van der Waals surface area contributed by atoms with Gasteiger partial charge >= 0.3 is 0 Å². The van der Waals surface area contributed by atoms with E-state index in [9.17, 15) is 9.18 Å². The molecule has 2 aromatic heterocycles. The summed E-state index contributed by atoms with van der Waals surface area (Å²) in [5.74, 6) is -0.539. The van der Waals surface area contributed by atoms with Gasteiger partial charge in [-0.1, -0.05) is 6.07 Å². The summed E-state index contributed by atoms with van der Waals surface area (Å²) in [7, 11) is 1.48.